The van der Waals surface area contributed by atoms with Crippen LogP contribution in [-0.4, -0.2) is 17.3 Å². The van der Waals surface area contributed by atoms with E-state index in [1.165, 1.54) is 5.56 Å². The van der Waals surface area contributed by atoms with Crippen molar-refractivity contribution in [1.29, 1.82) is 0 Å². The normalized spacial score (nSPS) is 39.6. The first-order chi connectivity index (χ1) is 13.5. The molecule has 0 saturated heterocycles. The number of rotatable bonds is 0. The summed E-state index contributed by atoms with van der Waals surface area (Å²) >= 11 is 0. The molecule has 1 amide bonds. The summed E-state index contributed by atoms with van der Waals surface area (Å²) in [5, 5.41) is 2.98. The molecule has 2 heterocycles. The van der Waals surface area contributed by atoms with Gasteiger partial charge in [0.1, 0.15) is 17.1 Å². The number of carbonyl (C=O) groups is 2. The predicted octanol–water partition coefficient (Wildman–Crippen LogP) is 4.60. The molecule has 4 nitrogen and oxygen atoms in total. The van der Waals surface area contributed by atoms with E-state index in [-0.39, 0.29) is 28.8 Å². The predicted molar refractivity (Wildman–Crippen MR) is 112 cm³/mol. The van der Waals surface area contributed by atoms with Crippen LogP contribution in [0.25, 0.3) is 0 Å². The van der Waals surface area contributed by atoms with Gasteiger partial charge in [-0.05, 0) is 55.7 Å². The van der Waals surface area contributed by atoms with Crippen LogP contribution in [0.2, 0.25) is 0 Å². The standard InChI is InChI=1S/C25H33NO3/c1-13-9-16-18(12-26-22(16)28)20-17(13)11-24(6)15(3)7-8-19-23(4,5)21(27)14(2)10-25(19,24)29-20/h9,14-15,19H,7-8,10-12H2,1-6H3,(H,26,28)/t14-,15+,19?,24-,25?/m1/s1. The maximum absolute atomic E-state index is 13.2. The van der Waals surface area contributed by atoms with Gasteiger partial charge in [-0.1, -0.05) is 34.6 Å². The molecule has 2 aliphatic heterocycles. The van der Waals surface area contributed by atoms with Crippen molar-refractivity contribution >= 4 is 11.7 Å². The molecular weight excluding hydrogens is 362 g/mol. The van der Waals surface area contributed by atoms with Crippen LogP contribution in [-0.2, 0) is 17.8 Å². The van der Waals surface area contributed by atoms with Crippen LogP contribution in [0.3, 0.4) is 0 Å². The zero-order valence-electron chi connectivity index (χ0n) is 18.6. The average molecular weight is 396 g/mol. The number of carbonyl (C=O) groups excluding carboxylic acids is 2. The highest BCUT2D eigenvalue weighted by Crippen LogP contribution is 2.66. The van der Waals surface area contributed by atoms with Crippen LogP contribution in [0.4, 0.5) is 0 Å². The maximum Gasteiger partial charge on any atom is 0.252 e. The number of benzene rings is 1. The molecule has 2 fully saturated rings. The van der Waals surface area contributed by atoms with Crippen molar-refractivity contribution in [3.63, 3.8) is 0 Å². The fraction of sp³-hybridized carbons (Fsp3) is 0.680. The lowest BCUT2D eigenvalue weighted by Crippen LogP contribution is -2.71. The van der Waals surface area contributed by atoms with Gasteiger partial charge >= 0.3 is 0 Å². The average Bonchev–Trinajstić information content (AvgIpc) is 3.01. The first kappa shape index (κ1) is 19.1. The van der Waals surface area contributed by atoms with Crippen LogP contribution < -0.4 is 10.1 Å². The quantitative estimate of drug-likeness (QED) is 0.698. The second kappa shape index (κ2) is 5.65. The molecule has 1 spiro atoms. The van der Waals surface area contributed by atoms with Gasteiger partial charge in [0, 0.05) is 40.3 Å². The van der Waals surface area contributed by atoms with Crippen LogP contribution in [0.5, 0.6) is 5.75 Å². The van der Waals surface area contributed by atoms with E-state index in [1.54, 1.807) is 0 Å². The van der Waals surface area contributed by atoms with Gasteiger partial charge in [-0.25, -0.2) is 0 Å². The third-order valence-corrected chi connectivity index (χ3v) is 9.28. The van der Waals surface area contributed by atoms with Gasteiger partial charge < -0.3 is 10.1 Å². The summed E-state index contributed by atoms with van der Waals surface area (Å²) in [6, 6.07) is 2.04. The van der Waals surface area contributed by atoms with Gasteiger partial charge in [-0.15, -0.1) is 0 Å². The maximum atomic E-state index is 13.2. The largest absolute Gasteiger partial charge is 0.486 e. The first-order valence-electron chi connectivity index (χ1n) is 11.2. The molecule has 4 aliphatic rings. The lowest BCUT2D eigenvalue weighted by molar-refractivity contribution is -0.216. The number of ketones is 1. The number of fused-ring (bicyclic) bond motifs is 3. The van der Waals surface area contributed by atoms with Gasteiger partial charge in [0.2, 0.25) is 0 Å². The van der Waals surface area contributed by atoms with E-state index < -0.39 is 5.41 Å². The summed E-state index contributed by atoms with van der Waals surface area (Å²) in [4.78, 5) is 25.5. The molecule has 2 saturated carbocycles. The first-order valence-corrected chi connectivity index (χ1v) is 11.2. The van der Waals surface area contributed by atoms with E-state index in [2.05, 4.69) is 46.9 Å². The second-order valence-corrected chi connectivity index (χ2v) is 11.0. The van der Waals surface area contributed by atoms with Crippen LogP contribution in [0.15, 0.2) is 6.07 Å². The zero-order chi connectivity index (χ0) is 20.9. The van der Waals surface area contributed by atoms with E-state index in [1.807, 2.05) is 6.07 Å². The highest BCUT2D eigenvalue weighted by molar-refractivity contribution is 5.99. The third-order valence-electron chi connectivity index (χ3n) is 9.28. The molecule has 5 rings (SSSR count). The van der Waals surface area contributed by atoms with Crippen LogP contribution >= 0.6 is 0 Å². The van der Waals surface area contributed by atoms with Gasteiger partial charge in [0.15, 0.2) is 0 Å². The third kappa shape index (κ3) is 2.16. The van der Waals surface area contributed by atoms with Crippen molar-refractivity contribution in [2.24, 2.45) is 28.6 Å². The van der Waals surface area contributed by atoms with E-state index in [0.717, 1.165) is 48.1 Å². The molecule has 1 aromatic carbocycles. The van der Waals surface area contributed by atoms with Crippen molar-refractivity contribution in [2.45, 2.75) is 79.4 Å². The smallest absolute Gasteiger partial charge is 0.252 e. The molecule has 1 aromatic rings. The van der Waals surface area contributed by atoms with E-state index >= 15 is 0 Å². The molecule has 0 bridgehead atoms. The number of ether oxygens (including phenoxy) is 1. The van der Waals surface area contributed by atoms with Gasteiger partial charge in [0.05, 0.1) is 0 Å². The zero-order valence-corrected chi connectivity index (χ0v) is 18.6. The Morgan fingerprint density at radius 2 is 1.83 bits per heavy atom. The minimum Gasteiger partial charge on any atom is -0.486 e. The second-order valence-electron chi connectivity index (χ2n) is 11.0. The number of amides is 1. The minimum atomic E-state index is -0.391. The highest BCUT2D eigenvalue weighted by Gasteiger charge is 2.69. The van der Waals surface area contributed by atoms with Crippen molar-refractivity contribution in [2.75, 3.05) is 0 Å². The van der Waals surface area contributed by atoms with Gasteiger partial charge in [0.25, 0.3) is 5.91 Å². The summed E-state index contributed by atoms with van der Waals surface area (Å²) in [5.74, 6) is 2.04. The Morgan fingerprint density at radius 3 is 2.55 bits per heavy atom. The van der Waals surface area contributed by atoms with Crippen molar-refractivity contribution < 1.29 is 14.3 Å². The molecule has 156 valence electrons. The molecule has 2 aliphatic carbocycles. The van der Waals surface area contributed by atoms with E-state index in [0.29, 0.717) is 18.2 Å². The molecule has 2 unspecified atom stereocenters. The molecule has 5 atom stereocenters. The fourth-order valence-corrected chi connectivity index (χ4v) is 7.42. The molecule has 0 radical (unpaired) electrons. The number of nitrogens with one attached hydrogen (secondary N) is 1. The summed E-state index contributed by atoms with van der Waals surface area (Å²) in [6.45, 7) is 13.8. The molecule has 1 N–H and O–H groups in total. The number of Topliss-reactive ketones (excluding diaryl/α,β-unsaturated/α-hetero) is 1. The monoisotopic (exact) mass is 395 g/mol. The SMILES string of the molecule is Cc1cc2c(c3c1C[C@]1(C)[C@@H](C)CCC4C(C)(C)C(=O)[C@H](C)CC41O3)CNC2=O. The summed E-state index contributed by atoms with van der Waals surface area (Å²) < 4.78 is 7.18. The summed E-state index contributed by atoms with van der Waals surface area (Å²) in [6.07, 6.45) is 3.91. The highest BCUT2D eigenvalue weighted by atomic mass is 16.5. The Bertz CT molecular complexity index is 948. The molecule has 4 heteroatoms. The Kier molecular flexibility index (Phi) is 3.73. The molecule has 29 heavy (non-hydrogen) atoms. The molecule has 0 aromatic heterocycles. The fourth-order valence-electron chi connectivity index (χ4n) is 7.42. The van der Waals surface area contributed by atoms with Gasteiger partial charge in [-0.3, -0.25) is 9.59 Å². The van der Waals surface area contributed by atoms with Crippen LogP contribution in [0.1, 0.15) is 80.9 Å². The Morgan fingerprint density at radius 1 is 1.10 bits per heavy atom. The summed E-state index contributed by atoms with van der Waals surface area (Å²) in [5.41, 5.74) is 3.43. The topological polar surface area (TPSA) is 55.4 Å². The van der Waals surface area contributed by atoms with E-state index in [9.17, 15) is 9.59 Å². The Hall–Kier alpha value is -1.84. The number of hydrogen-bond donors (Lipinski definition) is 1. The Labute approximate surface area is 173 Å². The minimum absolute atomic E-state index is 0.00131. The summed E-state index contributed by atoms with van der Waals surface area (Å²) in [7, 11) is 0. The van der Waals surface area contributed by atoms with E-state index in [4.69, 9.17) is 4.74 Å². The van der Waals surface area contributed by atoms with Gasteiger partial charge in [-0.2, -0.15) is 0 Å². The lowest BCUT2D eigenvalue weighted by atomic mass is 9.42. The van der Waals surface area contributed by atoms with Crippen molar-refractivity contribution in [1.82, 2.24) is 5.32 Å². The van der Waals surface area contributed by atoms with Crippen molar-refractivity contribution in [3.8, 4) is 5.75 Å². The lowest BCUT2D eigenvalue weighted by Gasteiger charge is -2.66. The number of hydrogen-bond acceptors (Lipinski definition) is 3. The Balaban J connectivity index is 1.76. The molecular formula is C25H33NO3. The van der Waals surface area contributed by atoms with Crippen LogP contribution in [0, 0.1) is 35.5 Å². The number of aryl methyl sites for hydroxylation is 1. The van der Waals surface area contributed by atoms with Crippen molar-refractivity contribution in [3.05, 3.63) is 28.3 Å².